The summed E-state index contributed by atoms with van der Waals surface area (Å²) in [4.78, 5) is 66.2. The van der Waals surface area contributed by atoms with E-state index in [1.165, 1.54) is 23.9 Å². The molecule has 0 aliphatic heterocycles. The van der Waals surface area contributed by atoms with Crippen LogP contribution in [-0.2, 0) is 36.8 Å². The topological polar surface area (TPSA) is 230 Å². The summed E-state index contributed by atoms with van der Waals surface area (Å²) in [5, 5.41) is 27.8. The van der Waals surface area contributed by atoms with Gasteiger partial charge in [-0.2, -0.15) is 11.8 Å². The summed E-state index contributed by atoms with van der Waals surface area (Å²) in [6, 6.07) is 8.38. The number of aliphatic carboxylic acids is 1. The van der Waals surface area contributed by atoms with Gasteiger partial charge < -0.3 is 42.6 Å². The smallest absolute Gasteiger partial charge is 0.326 e. The number of benzene rings is 2. The van der Waals surface area contributed by atoms with Gasteiger partial charge in [0.05, 0.1) is 12.5 Å². The number of hydrogen-bond donors (Lipinski definition) is 8. The van der Waals surface area contributed by atoms with Gasteiger partial charge in [0.2, 0.25) is 23.6 Å². The molecule has 43 heavy (non-hydrogen) atoms. The Hall–Kier alpha value is -4.56. The van der Waals surface area contributed by atoms with Crippen molar-refractivity contribution in [1.82, 2.24) is 20.9 Å². The van der Waals surface area contributed by atoms with Crippen molar-refractivity contribution in [2.24, 2.45) is 11.5 Å². The number of aromatic hydroxyl groups is 1. The minimum atomic E-state index is -1.31. The van der Waals surface area contributed by atoms with Crippen molar-refractivity contribution >= 4 is 52.3 Å². The van der Waals surface area contributed by atoms with Crippen molar-refractivity contribution < 1.29 is 34.2 Å². The standard InChI is InChI=1S/C29H36N6O7S/c1-43-11-10-22(29(41)42)33-27(39)23(12-16-6-8-18(36)9-7-16)35-28(40)24(34-26(38)20(30)14-25(31)37)13-17-15-32-21-5-3-2-4-19(17)21/h2-9,15,20,22-24,32,36H,10-14,30H2,1H3,(H2,31,37)(H,33,39)(H,34,38)(H,35,40)(H,41,42). The van der Waals surface area contributed by atoms with Crippen LogP contribution in [0.1, 0.15) is 24.0 Å². The minimum Gasteiger partial charge on any atom is -0.508 e. The van der Waals surface area contributed by atoms with Gasteiger partial charge in [-0.15, -0.1) is 0 Å². The Morgan fingerprint density at radius 2 is 1.49 bits per heavy atom. The van der Waals surface area contributed by atoms with E-state index in [4.69, 9.17) is 11.5 Å². The number of carboxylic acids is 1. The molecule has 4 amide bonds. The first kappa shape index (κ1) is 32.9. The van der Waals surface area contributed by atoms with Crippen molar-refractivity contribution in [3.63, 3.8) is 0 Å². The molecular weight excluding hydrogens is 576 g/mol. The number of fused-ring (bicyclic) bond motifs is 1. The third-order valence-corrected chi connectivity index (χ3v) is 7.37. The molecule has 0 saturated carbocycles. The quantitative estimate of drug-likeness (QED) is 0.110. The largest absolute Gasteiger partial charge is 0.508 e. The molecule has 2 aromatic carbocycles. The average molecular weight is 613 g/mol. The fraction of sp³-hybridized carbons (Fsp3) is 0.345. The zero-order valence-electron chi connectivity index (χ0n) is 23.5. The highest BCUT2D eigenvalue weighted by atomic mass is 32.2. The zero-order valence-corrected chi connectivity index (χ0v) is 24.4. The number of rotatable bonds is 16. The van der Waals surface area contributed by atoms with Gasteiger partial charge in [0.15, 0.2) is 0 Å². The monoisotopic (exact) mass is 612 g/mol. The predicted octanol–water partition coefficient (Wildman–Crippen LogP) is 0.154. The van der Waals surface area contributed by atoms with E-state index in [9.17, 15) is 34.2 Å². The van der Waals surface area contributed by atoms with Gasteiger partial charge in [0.25, 0.3) is 0 Å². The lowest BCUT2D eigenvalue weighted by atomic mass is 10.0. The SMILES string of the molecule is CSCCC(NC(=O)C(Cc1ccc(O)cc1)NC(=O)C(Cc1c[nH]c2ccccc12)NC(=O)C(N)CC(N)=O)C(=O)O. The first-order chi connectivity index (χ1) is 20.5. The van der Waals surface area contributed by atoms with E-state index in [0.29, 0.717) is 16.9 Å². The number of para-hydroxylation sites is 1. The molecule has 0 radical (unpaired) electrons. The molecule has 0 saturated heterocycles. The number of primary amides is 1. The molecular formula is C29H36N6O7S. The molecule has 14 heteroatoms. The number of nitrogens with two attached hydrogens (primary N) is 2. The summed E-state index contributed by atoms with van der Waals surface area (Å²) in [5.41, 5.74) is 13.1. The van der Waals surface area contributed by atoms with Crippen LogP contribution in [0.4, 0.5) is 0 Å². The van der Waals surface area contributed by atoms with Crippen LogP contribution in [-0.4, -0.2) is 81.0 Å². The van der Waals surface area contributed by atoms with Gasteiger partial charge >= 0.3 is 5.97 Å². The van der Waals surface area contributed by atoms with Gasteiger partial charge in [-0.25, -0.2) is 4.79 Å². The number of nitrogens with one attached hydrogen (secondary N) is 4. The molecule has 230 valence electrons. The maximum Gasteiger partial charge on any atom is 0.326 e. The van der Waals surface area contributed by atoms with Gasteiger partial charge in [0.1, 0.15) is 23.9 Å². The number of hydrogen-bond acceptors (Lipinski definition) is 8. The van der Waals surface area contributed by atoms with E-state index in [2.05, 4.69) is 20.9 Å². The Labute approximate surface area is 252 Å². The molecule has 3 aromatic rings. The van der Waals surface area contributed by atoms with Gasteiger partial charge in [0, 0.05) is 29.9 Å². The van der Waals surface area contributed by atoms with Crippen LogP contribution in [0.2, 0.25) is 0 Å². The molecule has 0 spiro atoms. The average Bonchev–Trinajstić information content (AvgIpc) is 3.37. The van der Waals surface area contributed by atoms with Crippen LogP contribution in [0.25, 0.3) is 10.9 Å². The van der Waals surface area contributed by atoms with Crippen LogP contribution in [0.5, 0.6) is 5.75 Å². The Morgan fingerprint density at radius 3 is 2.12 bits per heavy atom. The van der Waals surface area contributed by atoms with Crippen LogP contribution in [0.15, 0.2) is 54.7 Å². The van der Waals surface area contributed by atoms with E-state index in [0.717, 1.165) is 10.9 Å². The minimum absolute atomic E-state index is 0.00387. The van der Waals surface area contributed by atoms with Crippen molar-refractivity contribution in [2.75, 3.05) is 12.0 Å². The van der Waals surface area contributed by atoms with Crippen LogP contribution >= 0.6 is 11.8 Å². The van der Waals surface area contributed by atoms with Crippen molar-refractivity contribution in [2.45, 2.75) is 49.9 Å². The van der Waals surface area contributed by atoms with E-state index in [1.54, 1.807) is 18.3 Å². The number of carboxylic acid groups (broad SMARTS) is 1. The van der Waals surface area contributed by atoms with Gasteiger partial charge in [-0.1, -0.05) is 30.3 Å². The molecule has 3 rings (SSSR count). The number of carbonyl (C=O) groups excluding carboxylic acids is 4. The molecule has 0 bridgehead atoms. The molecule has 10 N–H and O–H groups in total. The fourth-order valence-corrected chi connectivity index (χ4v) is 4.90. The van der Waals surface area contributed by atoms with Crippen LogP contribution in [0.3, 0.4) is 0 Å². The first-order valence-corrected chi connectivity index (χ1v) is 14.9. The lowest BCUT2D eigenvalue weighted by Gasteiger charge is -2.25. The summed E-state index contributed by atoms with van der Waals surface area (Å²) >= 11 is 1.43. The number of phenolic OH excluding ortho intramolecular Hbond substituents is 1. The lowest BCUT2D eigenvalue weighted by molar-refractivity contribution is -0.142. The van der Waals surface area contributed by atoms with Gasteiger partial charge in [-0.05, 0) is 47.8 Å². The second-order valence-corrected chi connectivity index (χ2v) is 11.0. The molecule has 13 nitrogen and oxygen atoms in total. The van der Waals surface area contributed by atoms with Crippen molar-refractivity contribution in [1.29, 1.82) is 0 Å². The highest BCUT2D eigenvalue weighted by molar-refractivity contribution is 7.98. The zero-order chi connectivity index (χ0) is 31.5. The Morgan fingerprint density at radius 1 is 0.884 bits per heavy atom. The van der Waals surface area contributed by atoms with E-state index in [-0.39, 0.29) is 25.0 Å². The summed E-state index contributed by atoms with van der Waals surface area (Å²) in [5.74, 6) is -3.79. The Balaban J connectivity index is 1.90. The number of thioether (sulfide) groups is 1. The van der Waals surface area contributed by atoms with E-state index in [1.807, 2.05) is 30.5 Å². The number of aromatic amines is 1. The number of phenols is 1. The molecule has 0 fully saturated rings. The maximum atomic E-state index is 13.7. The first-order valence-electron chi connectivity index (χ1n) is 13.5. The van der Waals surface area contributed by atoms with Crippen molar-refractivity contribution in [3.8, 4) is 5.75 Å². The summed E-state index contributed by atoms with van der Waals surface area (Å²) in [7, 11) is 0. The van der Waals surface area contributed by atoms with Crippen LogP contribution < -0.4 is 27.4 Å². The highest BCUT2D eigenvalue weighted by Gasteiger charge is 2.31. The maximum absolute atomic E-state index is 13.7. The summed E-state index contributed by atoms with van der Waals surface area (Å²) in [6.07, 6.45) is 3.20. The van der Waals surface area contributed by atoms with Crippen LogP contribution in [0, 0.1) is 0 Å². The predicted molar refractivity (Wildman–Crippen MR) is 162 cm³/mol. The lowest BCUT2D eigenvalue weighted by Crippen LogP contribution is -2.58. The number of H-pyrrole nitrogens is 1. The van der Waals surface area contributed by atoms with E-state index < -0.39 is 60.2 Å². The summed E-state index contributed by atoms with van der Waals surface area (Å²) in [6.45, 7) is 0. The molecule has 1 heterocycles. The normalized spacial score (nSPS) is 13.8. The Kier molecular flexibility index (Phi) is 12.0. The number of aromatic nitrogens is 1. The fourth-order valence-electron chi connectivity index (χ4n) is 4.43. The summed E-state index contributed by atoms with van der Waals surface area (Å²) < 4.78 is 0. The third kappa shape index (κ3) is 9.75. The molecule has 0 aliphatic carbocycles. The number of carbonyl (C=O) groups is 5. The second kappa shape index (κ2) is 15.6. The second-order valence-electron chi connectivity index (χ2n) is 10.0. The van der Waals surface area contributed by atoms with E-state index >= 15 is 0 Å². The Bertz CT molecular complexity index is 1440. The molecule has 0 aliphatic rings. The molecule has 1 aromatic heterocycles. The number of amides is 4. The highest BCUT2D eigenvalue weighted by Crippen LogP contribution is 2.20. The molecule has 4 unspecified atom stereocenters. The third-order valence-electron chi connectivity index (χ3n) is 6.72. The van der Waals surface area contributed by atoms with Gasteiger partial charge in [-0.3, -0.25) is 19.2 Å². The molecule has 4 atom stereocenters. The van der Waals surface area contributed by atoms with Crippen molar-refractivity contribution in [3.05, 3.63) is 65.9 Å².